The molecule has 1 aliphatic carbocycles. The zero-order valence-corrected chi connectivity index (χ0v) is 12.6. The van der Waals surface area contributed by atoms with Crippen molar-refractivity contribution in [3.63, 3.8) is 0 Å². The maximum Gasteiger partial charge on any atom is 0.335 e. The van der Waals surface area contributed by atoms with Crippen LogP contribution in [0.5, 0.6) is 0 Å². The third-order valence-corrected chi connectivity index (χ3v) is 3.57. The van der Waals surface area contributed by atoms with Crippen LogP contribution in [0.4, 0.5) is 0 Å². The van der Waals surface area contributed by atoms with Crippen LogP contribution in [0, 0.1) is 6.92 Å². The van der Waals surface area contributed by atoms with Crippen molar-refractivity contribution in [2.24, 2.45) is 0 Å². The molecule has 0 aromatic heterocycles. The van der Waals surface area contributed by atoms with E-state index in [2.05, 4.69) is 5.32 Å². The van der Waals surface area contributed by atoms with Crippen LogP contribution in [0.25, 0.3) is 0 Å². The van der Waals surface area contributed by atoms with Crippen LogP contribution >= 0.6 is 0 Å². The summed E-state index contributed by atoms with van der Waals surface area (Å²) in [7, 11) is 0. The number of esters is 1. The quantitative estimate of drug-likeness (QED) is 0.866. The number of amides is 1. The number of hydrogen-bond donors (Lipinski definition) is 1. The fraction of sp³-hybridized carbons (Fsp3) is 0.412. The lowest BCUT2D eigenvalue weighted by Crippen LogP contribution is -2.27. The summed E-state index contributed by atoms with van der Waals surface area (Å²) in [5.74, 6) is -0.481. The van der Waals surface area contributed by atoms with E-state index in [4.69, 9.17) is 4.74 Å². The molecule has 0 saturated heterocycles. The number of ether oxygens (including phenoxy) is 1. The van der Waals surface area contributed by atoms with Gasteiger partial charge in [0.15, 0.2) is 0 Å². The van der Waals surface area contributed by atoms with Crippen molar-refractivity contribution in [3.8, 4) is 0 Å². The summed E-state index contributed by atoms with van der Waals surface area (Å²) < 4.78 is 5.07. The standard InChI is InChI=1S/C17H21NO3/c1-3-21-17(20)14-6-4-5-7-15(14)18-16(19)13-10-8-12(2)9-11-13/h8-11H,3-7H2,1-2H3,(H,18,19). The predicted molar refractivity (Wildman–Crippen MR) is 80.8 cm³/mol. The van der Waals surface area contributed by atoms with E-state index < -0.39 is 0 Å². The monoisotopic (exact) mass is 287 g/mol. The first-order valence-electron chi connectivity index (χ1n) is 7.39. The lowest BCUT2D eigenvalue weighted by Gasteiger charge is -2.20. The predicted octanol–water partition coefficient (Wildman–Crippen LogP) is 3.12. The normalized spacial score (nSPS) is 14.8. The van der Waals surface area contributed by atoms with Gasteiger partial charge < -0.3 is 10.1 Å². The van der Waals surface area contributed by atoms with Crippen LogP contribution in [0.3, 0.4) is 0 Å². The molecule has 1 aliphatic rings. The van der Waals surface area contributed by atoms with E-state index in [0.29, 0.717) is 36.3 Å². The number of nitrogens with one attached hydrogen (secondary N) is 1. The van der Waals surface area contributed by atoms with Crippen LogP contribution in [0.15, 0.2) is 35.5 Å². The number of aryl methyl sites for hydroxylation is 1. The molecule has 0 heterocycles. The van der Waals surface area contributed by atoms with Crippen LogP contribution in [-0.2, 0) is 9.53 Å². The van der Waals surface area contributed by atoms with E-state index in [1.165, 1.54) is 0 Å². The van der Waals surface area contributed by atoms with Gasteiger partial charge in [-0.3, -0.25) is 4.79 Å². The lowest BCUT2D eigenvalue weighted by molar-refractivity contribution is -0.138. The van der Waals surface area contributed by atoms with Gasteiger partial charge in [0.2, 0.25) is 0 Å². The third-order valence-electron chi connectivity index (χ3n) is 3.57. The van der Waals surface area contributed by atoms with E-state index in [9.17, 15) is 9.59 Å². The summed E-state index contributed by atoms with van der Waals surface area (Å²) in [6, 6.07) is 7.38. The Balaban J connectivity index is 2.16. The van der Waals surface area contributed by atoms with Gasteiger partial charge in [-0.05, 0) is 51.7 Å². The Morgan fingerprint density at radius 2 is 1.81 bits per heavy atom. The minimum Gasteiger partial charge on any atom is -0.463 e. The van der Waals surface area contributed by atoms with Crippen molar-refractivity contribution in [2.75, 3.05) is 6.61 Å². The van der Waals surface area contributed by atoms with Gasteiger partial charge in [-0.1, -0.05) is 17.7 Å². The van der Waals surface area contributed by atoms with Gasteiger partial charge in [-0.15, -0.1) is 0 Å². The van der Waals surface area contributed by atoms with Crippen molar-refractivity contribution in [1.29, 1.82) is 0 Å². The number of allylic oxidation sites excluding steroid dienone is 1. The topological polar surface area (TPSA) is 55.4 Å². The largest absolute Gasteiger partial charge is 0.463 e. The van der Waals surface area contributed by atoms with Gasteiger partial charge in [-0.2, -0.15) is 0 Å². The van der Waals surface area contributed by atoms with Gasteiger partial charge in [0.1, 0.15) is 0 Å². The Bertz CT molecular complexity index is 558. The zero-order chi connectivity index (χ0) is 15.2. The number of carbonyl (C=O) groups excluding carboxylic acids is 2. The first-order valence-corrected chi connectivity index (χ1v) is 7.39. The third kappa shape index (κ3) is 3.94. The molecule has 0 spiro atoms. The SMILES string of the molecule is CCOC(=O)C1=C(NC(=O)c2ccc(C)cc2)CCCC1. The molecule has 0 unspecified atom stereocenters. The molecule has 0 radical (unpaired) electrons. The van der Waals surface area contributed by atoms with Crippen molar-refractivity contribution in [3.05, 3.63) is 46.7 Å². The minimum absolute atomic E-state index is 0.173. The number of hydrogen-bond acceptors (Lipinski definition) is 3. The summed E-state index contributed by atoms with van der Waals surface area (Å²) in [4.78, 5) is 24.2. The Morgan fingerprint density at radius 3 is 2.48 bits per heavy atom. The lowest BCUT2D eigenvalue weighted by atomic mass is 9.96. The highest BCUT2D eigenvalue weighted by atomic mass is 16.5. The molecule has 0 saturated carbocycles. The van der Waals surface area contributed by atoms with Crippen molar-refractivity contribution >= 4 is 11.9 Å². The molecule has 0 aliphatic heterocycles. The Labute approximate surface area is 125 Å². The van der Waals surface area contributed by atoms with Crippen molar-refractivity contribution < 1.29 is 14.3 Å². The summed E-state index contributed by atoms with van der Waals surface area (Å²) in [6.45, 7) is 4.11. The fourth-order valence-corrected chi connectivity index (χ4v) is 2.40. The van der Waals surface area contributed by atoms with Crippen LogP contribution in [0.2, 0.25) is 0 Å². The molecule has 1 aromatic rings. The first kappa shape index (κ1) is 15.3. The molecule has 1 amide bonds. The molecular formula is C17H21NO3. The fourth-order valence-electron chi connectivity index (χ4n) is 2.40. The molecule has 1 aromatic carbocycles. The molecule has 1 N–H and O–H groups in total. The van der Waals surface area contributed by atoms with Crippen LogP contribution in [0.1, 0.15) is 48.5 Å². The molecule has 21 heavy (non-hydrogen) atoms. The molecule has 112 valence electrons. The molecule has 0 bridgehead atoms. The second kappa shape index (κ2) is 7.07. The Kier molecular flexibility index (Phi) is 5.14. The highest BCUT2D eigenvalue weighted by Crippen LogP contribution is 2.24. The maximum atomic E-state index is 12.3. The van der Waals surface area contributed by atoms with Gasteiger partial charge in [0.05, 0.1) is 12.2 Å². The van der Waals surface area contributed by atoms with Crippen molar-refractivity contribution in [2.45, 2.75) is 39.5 Å². The van der Waals surface area contributed by atoms with Gasteiger partial charge in [0.25, 0.3) is 5.91 Å². The van der Waals surface area contributed by atoms with Crippen LogP contribution < -0.4 is 5.32 Å². The maximum absolute atomic E-state index is 12.3. The van der Waals surface area contributed by atoms with Gasteiger partial charge >= 0.3 is 5.97 Å². The summed E-state index contributed by atoms with van der Waals surface area (Å²) in [5.41, 5.74) is 3.03. The number of carbonyl (C=O) groups is 2. The molecule has 4 heteroatoms. The van der Waals surface area contributed by atoms with Crippen LogP contribution in [-0.4, -0.2) is 18.5 Å². The summed E-state index contributed by atoms with van der Waals surface area (Å²) in [6.07, 6.45) is 3.32. The van der Waals surface area contributed by atoms with Crippen molar-refractivity contribution in [1.82, 2.24) is 5.32 Å². The smallest absolute Gasteiger partial charge is 0.335 e. The zero-order valence-electron chi connectivity index (χ0n) is 12.6. The average Bonchev–Trinajstić information content (AvgIpc) is 2.48. The van der Waals surface area contributed by atoms with E-state index in [1.807, 2.05) is 19.1 Å². The van der Waals surface area contributed by atoms with E-state index in [-0.39, 0.29) is 11.9 Å². The van der Waals surface area contributed by atoms with Gasteiger partial charge in [-0.25, -0.2) is 4.79 Å². The molecule has 0 fully saturated rings. The average molecular weight is 287 g/mol. The highest BCUT2D eigenvalue weighted by Gasteiger charge is 2.21. The molecule has 2 rings (SSSR count). The first-order chi connectivity index (χ1) is 10.1. The highest BCUT2D eigenvalue weighted by molar-refractivity contribution is 5.97. The number of rotatable bonds is 4. The van der Waals surface area contributed by atoms with E-state index >= 15 is 0 Å². The number of benzene rings is 1. The second-order valence-corrected chi connectivity index (χ2v) is 5.20. The Morgan fingerprint density at radius 1 is 1.14 bits per heavy atom. The summed E-state index contributed by atoms with van der Waals surface area (Å²) in [5, 5.41) is 2.88. The second-order valence-electron chi connectivity index (χ2n) is 5.20. The molecular weight excluding hydrogens is 266 g/mol. The summed E-state index contributed by atoms with van der Waals surface area (Å²) >= 11 is 0. The van der Waals surface area contributed by atoms with E-state index in [1.54, 1.807) is 19.1 Å². The molecule has 4 nitrogen and oxygen atoms in total. The van der Waals surface area contributed by atoms with Gasteiger partial charge in [0, 0.05) is 11.3 Å². The Hall–Kier alpha value is -2.10. The molecule has 0 atom stereocenters. The minimum atomic E-state index is -0.309. The van der Waals surface area contributed by atoms with E-state index in [0.717, 1.165) is 18.4 Å².